The maximum Gasteiger partial charge on any atom is 0.119 e. The van der Waals surface area contributed by atoms with Crippen LogP contribution in [0.15, 0.2) is 48.5 Å². The summed E-state index contributed by atoms with van der Waals surface area (Å²) < 4.78 is 11.7. The molecule has 3 atom stereocenters. The summed E-state index contributed by atoms with van der Waals surface area (Å²) in [4.78, 5) is 2.56. The molecule has 3 heteroatoms. The highest BCUT2D eigenvalue weighted by Gasteiger charge is 2.50. The third-order valence-corrected chi connectivity index (χ3v) is 7.01. The molecule has 1 fully saturated rings. The lowest BCUT2D eigenvalue weighted by Crippen LogP contribution is -2.58. The van der Waals surface area contributed by atoms with Crippen LogP contribution in [0.25, 0.3) is 0 Å². The lowest BCUT2D eigenvalue weighted by molar-refractivity contribution is 0.0122. The van der Waals surface area contributed by atoms with Crippen LogP contribution in [0.4, 0.5) is 0 Å². The maximum atomic E-state index is 6.11. The van der Waals surface area contributed by atoms with Gasteiger partial charge in [-0.2, -0.15) is 0 Å². The van der Waals surface area contributed by atoms with Crippen LogP contribution in [0.2, 0.25) is 0 Å². The molecular formula is C24H31NO2. The molecule has 1 aliphatic carbocycles. The van der Waals surface area contributed by atoms with E-state index >= 15 is 0 Å². The molecule has 0 saturated carbocycles. The molecule has 1 heterocycles. The zero-order valence-electron chi connectivity index (χ0n) is 16.8. The van der Waals surface area contributed by atoms with Gasteiger partial charge in [0.15, 0.2) is 0 Å². The summed E-state index contributed by atoms with van der Waals surface area (Å²) in [7, 11) is 4.05. The van der Waals surface area contributed by atoms with Crippen molar-refractivity contribution in [2.24, 2.45) is 5.92 Å². The third-order valence-electron chi connectivity index (χ3n) is 7.01. The largest absolute Gasteiger partial charge is 0.497 e. The highest BCUT2D eigenvalue weighted by Crippen LogP contribution is 2.51. The molecule has 0 N–H and O–H groups in total. The Hall–Kier alpha value is -1.84. The second-order valence-corrected chi connectivity index (χ2v) is 8.26. The first kappa shape index (κ1) is 18.5. The van der Waals surface area contributed by atoms with Gasteiger partial charge in [-0.25, -0.2) is 0 Å². The molecule has 1 aliphatic heterocycles. The monoisotopic (exact) mass is 365 g/mol. The number of nitrogens with zero attached hydrogens (tertiary/aromatic N) is 1. The molecule has 0 spiro atoms. The van der Waals surface area contributed by atoms with Crippen molar-refractivity contribution < 1.29 is 9.47 Å². The zero-order valence-corrected chi connectivity index (χ0v) is 16.8. The van der Waals surface area contributed by atoms with Gasteiger partial charge < -0.3 is 14.4 Å². The van der Waals surface area contributed by atoms with Crippen LogP contribution in [-0.2, 0) is 23.2 Å². The van der Waals surface area contributed by atoms with Crippen LogP contribution in [0.5, 0.6) is 5.75 Å². The first-order chi connectivity index (χ1) is 13.1. The van der Waals surface area contributed by atoms with Crippen LogP contribution >= 0.6 is 0 Å². The van der Waals surface area contributed by atoms with E-state index in [-0.39, 0.29) is 5.41 Å². The molecule has 1 unspecified atom stereocenters. The quantitative estimate of drug-likeness (QED) is 0.707. The van der Waals surface area contributed by atoms with Crippen LogP contribution in [0.1, 0.15) is 36.5 Å². The fourth-order valence-corrected chi connectivity index (χ4v) is 5.29. The lowest BCUT2D eigenvalue weighted by Gasteiger charge is -2.55. The first-order valence-corrected chi connectivity index (χ1v) is 10.1. The summed E-state index contributed by atoms with van der Waals surface area (Å²) in [6.07, 6.45) is 3.41. The van der Waals surface area contributed by atoms with Crippen molar-refractivity contribution in [3.8, 4) is 5.75 Å². The Morgan fingerprint density at radius 3 is 2.74 bits per heavy atom. The van der Waals surface area contributed by atoms with Gasteiger partial charge in [0.25, 0.3) is 0 Å². The van der Waals surface area contributed by atoms with Crippen molar-refractivity contribution in [1.82, 2.24) is 4.90 Å². The molecule has 2 aliphatic rings. The van der Waals surface area contributed by atoms with Crippen LogP contribution in [0, 0.1) is 5.92 Å². The standard InChI is InChI=1S/C24H31NO2/c1-18-23-15-20-9-10-21(26-3)16-22(20)24(18,11-13-25(23)2)12-14-27-17-19-7-5-4-6-8-19/h4-10,16,18,23H,11-15,17H2,1-3H3/t18-,23+,24?/m1/s1. The SMILES string of the molecule is COc1ccc2c(c1)C1(CCOCc3ccccc3)CCN(C)[C@@H](C2)[C@H]1C. The van der Waals surface area contributed by atoms with Gasteiger partial charge in [-0.05, 0) is 67.6 Å². The third kappa shape index (κ3) is 3.39. The van der Waals surface area contributed by atoms with Crippen molar-refractivity contribution in [3.63, 3.8) is 0 Å². The second-order valence-electron chi connectivity index (χ2n) is 8.26. The van der Waals surface area contributed by atoms with Crippen molar-refractivity contribution in [1.29, 1.82) is 0 Å². The molecule has 2 bridgehead atoms. The predicted octanol–water partition coefficient (Wildman–Crippen LogP) is 4.44. The van der Waals surface area contributed by atoms with Gasteiger partial charge in [-0.1, -0.05) is 43.3 Å². The van der Waals surface area contributed by atoms with E-state index < -0.39 is 0 Å². The summed E-state index contributed by atoms with van der Waals surface area (Å²) in [5.41, 5.74) is 4.43. The molecule has 2 aromatic carbocycles. The van der Waals surface area contributed by atoms with Crippen LogP contribution in [-0.4, -0.2) is 38.3 Å². The van der Waals surface area contributed by atoms with E-state index in [1.54, 1.807) is 7.11 Å². The normalized spacial score (nSPS) is 27.2. The fourth-order valence-electron chi connectivity index (χ4n) is 5.29. The van der Waals surface area contributed by atoms with Crippen LogP contribution in [0.3, 0.4) is 0 Å². The average Bonchev–Trinajstić information content (AvgIpc) is 2.70. The summed E-state index contributed by atoms with van der Waals surface area (Å²) in [5.74, 6) is 1.60. The number of hydrogen-bond donors (Lipinski definition) is 0. The minimum atomic E-state index is 0.190. The molecule has 0 amide bonds. The molecule has 0 radical (unpaired) electrons. The van der Waals surface area contributed by atoms with Crippen molar-refractivity contribution in [2.75, 3.05) is 27.3 Å². The van der Waals surface area contributed by atoms with Crippen molar-refractivity contribution in [2.45, 2.75) is 44.2 Å². The van der Waals surface area contributed by atoms with Gasteiger partial charge in [-0.3, -0.25) is 0 Å². The van der Waals surface area contributed by atoms with E-state index in [0.29, 0.717) is 18.6 Å². The molecule has 144 valence electrons. The number of piperidine rings is 1. The van der Waals surface area contributed by atoms with E-state index in [1.807, 2.05) is 0 Å². The Bertz CT molecular complexity index is 775. The van der Waals surface area contributed by atoms with Crippen LogP contribution < -0.4 is 4.74 Å². The van der Waals surface area contributed by atoms with Gasteiger partial charge in [0.2, 0.25) is 0 Å². The number of hydrogen-bond acceptors (Lipinski definition) is 3. The summed E-state index contributed by atoms with van der Waals surface area (Å²) >= 11 is 0. The fraction of sp³-hybridized carbons (Fsp3) is 0.500. The van der Waals surface area contributed by atoms with E-state index in [2.05, 4.69) is 67.4 Å². The van der Waals surface area contributed by atoms with E-state index in [0.717, 1.165) is 31.7 Å². The molecule has 1 saturated heterocycles. The Morgan fingerprint density at radius 1 is 1.15 bits per heavy atom. The van der Waals surface area contributed by atoms with Gasteiger partial charge in [0.1, 0.15) is 5.75 Å². The number of benzene rings is 2. The molecule has 3 nitrogen and oxygen atoms in total. The molecular weight excluding hydrogens is 334 g/mol. The van der Waals surface area contributed by atoms with Crippen molar-refractivity contribution in [3.05, 3.63) is 65.2 Å². The van der Waals surface area contributed by atoms with Gasteiger partial charge in [0, 0.05) is 18.1 Å². The molecule has 27 heavy (non-hydrogen) atoms. The topological polar surface area (TPSA) is 21.7 Å². The summed E-state index contributed by atoms with van der Waals surface area (Å²) in [5, 5.41) is 0. The minimum absolute atomic E-state index is 0.190. The Kier molecular flexibility index (Phi) is 5.25. The molecule has 0 aromatic heterocycles. The highest BCUT2D eigenvalue weighted by atomic mass is 16.5. The predicted molar refractivity (Wildman–Crippen MR) is 109 cm³/mol. The average molecular weight is 366 g/mol. The second kappa shape index (κ2) is 7.65. The minimum Gasteiger partial charge on any atom is -0.497 e. The number of rotatable bonds is 6. The molecule has 4 rings (SSSR count). The van der Waals surface area contributed by atoms with Gasteiger partial charge in [-0.15, -0.1) is 0 Å². The number of likely N-dealkylation sites (N-methyl/N-ethyl adjacent to an activating group) is 1. The maximum absolute atomic E-state index is 6.11. The Balaban J connectivity index is 1.56. The summed E-state index contributed by atoms with van der Waals surface area (Å²) in [6, 6.07) is 17.8. The van der Waals surface area contributed by atoms with Crippen molar-refractivity contribution >= 4 is 0 Å². The Morgan fingerprint density at radius 2 is 1.96 bits per heavy atom. The van der Waals surface area contributed by atoms with E-state index in [4.69, 9.17) is 9.47 Å². The molecule has 2 aromatic rings. The number of ether oxygens (including phenoxy) is 2. The Labute approximate surface area is 163 Å². The van der Waals surface area contributed by atoms with E-state index in [9.17, 15) is 0 Å². The summed E-state index contributed by atoms with van der Waals surface area (Å²) in [6.45, 7) is 5.09. The van der Waals surface area contributed by atoms with E-state index in [1.165, 1.54) is 23.1 Å². The number of likely N-dealkylation sites (tertiary alicyclic amines) is 1. The lowest BCUT2D eigenvalue weighted by atomic mass is 9.56. The van der Waals surface area contributed by atoms with Gasteiger partial charge >= 0.3 is 0 Å². The smallest absolute Gasteiger partial charge is 0.119 e. The number of fused-ring (bicyclic) bond motifs is 4. The number of methoxy groups -OCH3 is 1. The highest BCUT2D eigenvalue weighted by molar-refractivity contribution is 5.45. The first-order valence-electron chi connectivity index (χ1n) is 10.1. The van der Waals surface area contributed by atoms with Gasteiger partial charge in [0.05, 0.1) is 13.7 Å². The zero-order chi connectivity index (χ0) is 18.9.